The average Bonchev–Trinajstić information content (AvgIpc) is 3.15. The lowest BCUT2D eigenvalue weighted by atomic mass is 10.1. The Labute approximate surface area is 307 Å². The minimum absolute atomic E-state index is 0.0257. The Hall–Kier alpha value is -5.35. The molecule has 15 nitrogen and oxygen atoms in total. The molecule has 0 aliphatic heterocycles. The highest BCUT2D eigenvalue weighted by Crippen LogP contribution is 2.36. The third-order valence-corrected chi connectivity index (χ3v) is 7.58. The highest BCUT2D eigenvalue weighted by molar-refractivity contribution is 5.80. The first-order valence-corrected chi connectivity index (χ1v) is 16.9. The summed E-state index contributed by atoms with van der Waals surface area (Å²) in [6, 6.07) is 16.0. The maximum Gasteiger partial charge on any atom is 0.347 e. The van der Waals surface area contributed by atoms with Crippen molar-refractivity contribution in [3.05, 3.63) is 60.7 Å². The summed E-state index contributed by atoms with van der Waals surface area (Å²) in [4.78, 5) is 38.0. The van der Waals surface area contributed by atoms with Gasteiger partial charge in [0, 0.05) is 24.8 Å². The summed E-state index contributed by atoms with van der Waals surface area (Å²) in [6.45, 7) is 7.42. The first-order valence-electron chi connectivity index (χ1n) is 16.9. The van der Waals surface area contributed by atoms with Gasteiger partial charge in [-0.1, -0.05) is 0 Å². The highest BCUT2D eigenvalue weighted by Gasteiger charge is 2.20. The van der Waals surface area contributed by atoms with E-state index in [4.69, 9.17) is 37.9 Å². The molecule has 284 valence electrons. The Balaban J connectivity index is 1.42. The molecule has 0 fully saturated rings. The van der Waals surface area contributed by atoms with Crippen LogP contribution in [0.3, 0.4) is 0 Å². The Bertz CT molecular complexity index is 1790. The van der Waals surface area contributed by atoms with E-state index in [0.717, 1.165) is 0 Å². The van der Waals surface area contributed by atoms with Crippen molar-refractivity contribution < 1.29 is 57.7 Å². The monoisotopic (exact) mass is 735 g/mol. The van der Waals surface area contributed by atoms with Gasteiger partial charge in [0.25, 0.3) is 0 Å². The molecule has 0 amide bonds. The Morgan fingerprint density at radius 3 is 1.53 bits per heavy atom. The van der Waals surface area contributed by atoms with E-state index in [2.05, 4.69) is 15.0 Å². The number of carbonyl (C=O) groups is 2. The van der Waals surface area contributed by atoms with Gasteiger partial charge in [0.2, 0.25) is 0 Å². The molecule has 3 aromatic carbocycles. The first-order chi connectivity index (χ1) is 25.6. The maximum absolute atomic E-state index is 12.5. The van der Waals surface area contributed by atoms with Crippen LogP contribution in [-0.2, 0) is 33.3 Å². The molecule has 4 rings (SSSR count). The molecule has 1 aromatic heterocycles. The van der Waals surface area contributed by atoms with E-state index in [1.807, 2.05) is 0 Å². The third-order valence-electron chi connectivity index (χ3n) is 7.58. The number of ketones is 1. The number of rotatable bonds is 22. The molecule has 1 heterocycles. The fraction of sp³-hybridized carbons (Fsp3) is 0.395. The van der Waals surface area contributed by atoms with Crippen molar-refractivity contribution in [1.82, 2.24) is 15.0 Å². The molecule has 0 spiro atoms. The maximum atomic E-state index is 12.5. The van der Waals surface area contributed by atoms with Gasteiger partial charge in [-0.25, -0.2) is 19.7 Å². The minimum Gasteiger partial charge on any atom is -0.507 e. The molecule has 53 heavy (non-hydrogen) atoms. The van der Waals surface area contributed by atoms with Crippen molar-refractivity contribution in [1.29, 1.82) is 0 Å². The highest BCUT2D eigenvalue weighted by atomic mass is 16.6. The number of Topliss-reactive ketones (excluding diaryl/α,β-unsaturated/α-hetero) is 1. The van der Waals surface area contributed by atoms with Gasteiger partial charge in [-0.05, 0) is 69.3 Å². The van der Waals surface area contributed by atoms with Gasteiger partial charge in [-0.3, -0.25) is 4.79 Å². The van der Waals surface area contributed by atoms with Crippen molar-refractivity contribution in [2.24, 2.45) is 0 Å². The average molecular weight is 736 g/mol. The second-order valence-corrected chi connectivity index (χ2v) is 11.5. The van der Waals surface area contributed by atoms with Crippen molar-refractivity contribution in [2.45, 2.75) is 33.0 Å². The van der Waals surface area contributed by atoms with Crippen molar-refractivity contribution >= 4 is 11.8 Å². The second kappa shape index (κ2) is 20.6. The SMILES string of the molecule is COCCOCCOCCOCCOC(=O)C(C)Oc1ccc(-c2nc(-c3ccc(OC)cc3)nc(-c3ccc(OC(C)C(C)=O)cc3O)n2)c(O)c1. The van der Waals surface area contributed by atoms with Crippen LogP contribution in [0.5, 0.6) is 28.7 Å². The predicted octanol–water partition coefficient (Wildman–Crippen LogP) is 4.66. The Kier molecular flexibility index (Phi) is 15.7. The lowest BCUT2D eigenvalue weighted by Gasteiger charge is -2.15. The molecule has 2 unspecified atom stereocenters. The molecular weight excluding hydrogens is 690 g/mol. The Morgan fingerprint density at radius 2 is 1.06 bits per heavy atom. The zero-order valence-electron chi connectivity index (χ0n) is 30.4. The number of aromatic hydroxyl groups is 2. The number of ether oxygens (including phenoxy) is 8. The predicted molar refractivity (Wildman–Crippen MR) is 192 cm³/mol. The molecule has 2 N–H and O–H groups in total. The zero-order valence-corrected chi connectivity index (χ0v) is 30.4. The third kappa shape index (κ3) is 12.4. The van der Waals surface area contributed by atoms with Crippen LogP contribution in [0.4, 0.5) is 0 Å². The lowest BCUT2D eigenvalue weighted by molar-refractivity contribution is -0.152. The summed E-state index contributed by atoms with van der Waals surface area (Å²) in [5.41, 5.74) is 1.12. The van der Waals surface area contributed by atoms with Gasteiger partial charge in [0.05, 0.1) is 64.5 Å². The minimum atomic E-state index is -0.986. The van der Waals surface area contributed by atoms with Gasteiger partial charge in [-0.15, -0.1) is 0 Å². The van der Waals surface area contributed by atoms with Gasteiger partial charge in [0.1, 0.15) is 35.4 Å². The number of methoxy groups -OCH3 is 2. The van der Waals surface area contributed by atoms with Crippen LogP contribution >= 0.6 is 0 Å². The number of aromatic nitrogens is 3. The van der Waals surface area contributed by atoms with Gasteiger partial charge < -0.3 is 48.1 Å². The van der Waals surface area contributed by atoms with E-state index in [1.165, 1.54) is 26.0 Å². The van der Waals surface area contributed by atoms with E-state index >= 15 is 0 Å². The number of esters is 1. The van der Waals surface area contributed by atoms with Crippen LogP contribution in [0.1, 0.15) is 20.8 Å². The second-order valence-electron chi connectivity index (χ2n) is 11.5. The molecule has 0 aliphatic rings. The van der Waals surface area contributed by atoms with Crippen molar-refractivity contribution in [3.8, 4) is 62.9 Å². The quantitative estimate of drug-likeness (QED) is 0.0838. The van der Waals surface area contributed by atoms with Gasteiger partial charge in [-0.2, -0.15) is 0 Å². The molecule has 0 saturated heterocycles. The normalized spacial score (nSPS) is 12.2. The number of nitrogens with zero attached hydrogens (tertiary/aromatic N) is 3. The van der Waals surface area contributed by atoms with Crippen molar-refractivity contribution in [2.75, 3.05) is 67.1 Å². The number of carbonyl (C=O) groups excluding carboxylic acids is 2. The van der Waals surface area contributed by atoms with E-state index in [-0.39, 0.29) is 70.6 Å². The zero-order chi connectivity index (χ0) is 38.2. The van der Waals surface area contributed by atoms with Crippen LogP contribution in [-0.4, -0.2) is 116 Å². The van der Waals surface area contributed by atoms with E-state index in [0.29, 0.717) is 51.0 Å². The molecule has 0 radical (unpaired) electrons. The van der Waals surface area contributed by atoms with E-state index < -0.39 is 18.2 Å². The van der Waals surface area contributed by atoms with Crippen LogP contribution in [0, 0.1) is 0 Å². The molecular formula is C38H45N3O12. The number of phenols is 2. The number of hydrogen-bond acceptors (Lipinski definition) is 15. The van der Waals surface area contributed by atoms with E-state index in [9.17, 15) is 19.8 Å². The molecule has 2 atom stereocenters. The fourth-order valence-corrected chi connectivity index (χ4v) is 4.58. The van der Waals surface area contributed by atoms with Crippen LogP contribution < -0.4 is 14.2 Å². The molecule has 0 saturated carbocycles. The molecule has 0 bridgehead atoms. The topological polar surface area (TPSA) is 187 Å². The standard InChI is InChI=1S/C38H45N3O12/c1-24(42)25(2)52-29-10-12-31(33(43)22-29)36-39-35(27-6-8-28(47-5)9-7-27)40-37(41-36)32-13-11-30(23-34(32)44)53-26(3)38(45)51-21-20-50-19-18-49-17-16-48-15-14-46-4/h6-13,22-23,25-26,43-44H,14-21H2,1-5H3. The lowest BCUT2D eigenvalue weighted by Crippen LogP contribution is -2.27. The molecule has 4 aromatic rings. The summed E-state index contributed by atoms with van der Waals surface area (Å²) < 4.78 is 42.9. The van der Waals surface area contributed by atoms with Crippen LogP contribution in [0.2, 0.25) is 0 Å². The smallest absolute Gasteiger partial charge is 0.347 e. The summed E-state index contributed by atoms with van der Waals surface area (Å²) >= 11 is 0. The van der Waals surface area contributed by atoms with Crippen molar-refractivity contribution in [3.63, 3.8) is 0 Å². The molecule has 15 heteroatoms. The van der Waals surface area contributed by atoms with E-state index in [1.54, 1.807) is 69.7 Å². The fourth-order valence-electron chi connectivity index (χ4n) is 4.58. The van der Waals surface area contributed by atoms with Gasteiger partial charge in [0.15, 0.2) is 35.5 Å². The molecule has 0 aliphatic carbocycles. The largest absolute Gasteiger partial charge is 0.507 e. The summed E-state index contributed by atoms with van der Waals surface area (Å²) in [5.74, 6) is 0.389. The van der Waals surface area contributed by atoms with Crippen LogP contribution in [0.15, 0.2) is 60.7 Å². The van der Waals surface area contributed by atoms with Crippen LogP contribution in [0.25, 0.3) is 34.2 Å². The number of phenolic OH excluding ortho intramolecular Hbond substituents is 2. The number of hydrogen-bond donors (Lipinski definition) is 2. The first kappa shape index (κ1) is 40.4. The summed E-state index contributed by atoms with van der Waals surface area (Å²) in [7, 11) is 3.17. The number of benzene rings is 3. The van der Waals surface area contributed by atoms with Gasteiger partial charge >= 0.3 is 5.97 Å². The summed E-state index contributed by atoms with van der Waals surface area (Å²) in [6.07, 6.45) is -1.69. The Morgan fingerprint density at radius 1 is 0.604 bits per heavy atom. The summed E-state index contributed by atoms with van der Waals surface area (Å²) in [5, 5.41) is 22.0.